The van der Waals surface area contributed by atoms with Crippen molar-refractivity contribution in [1.29, 1.82) is 0 Å². The first-order valence-corrected chi connectivity index (χ1v) is 11.5. The van der Waals surface area contributed by atoms with Gasteiger partial charge < -0.3 is 29.9 Å². The Balaban J connectivity index is 1.38. The van der Waals surface area contributed by atoms with E-state index in [0.29, 0.717) is 18.1 Å². The van der Waals surface area contributed by atoms with Crippen molar-refractivity contribution < 1.29 is 34.1 Å². The Bertz CT molecular complexity index is 976. The van der Waals surface area contributed by atoms with Crippen LogP contribution in [-0.4, -0.2) is 71.4 Å². The number of aliphatic carboxylic acids is 2. The van der Waals surface area contributed by atoms with Crippen molar-refractivity contribution in [2.24, 2.45) is 4.99 Å². The van der Waals surface area contributed by atoms with Crippen LogP contribution in [0.25, 0.3) is 6.08 Å². The zero-order chi connectivity index (χ0) is 23.4. The monoisotopic (exact) mass is 475 g/mol. The molecule has 0 saturated carbocycles. The van der Waals surface area contributed by atoms with Gasteiger partial charge in [0, 0.05) is 38.0 Å². The SMILES string of the molecule is O=C(O)CC[C@H](N=C1NC(=O)C(=Cc2ccc(N3CCC4(CC3)OCCO4)cc2)S1)C(=O)O. The van der Waals surface area contributed by atoms with Gasteiger partial charge in [0.25, 0.3) is 5.91 Å². The van der Waals surface area contributed by atoms with E-state index in [1.807, 2.05) is 24.3 Å². The van der Waals surface area contributed by atoms with Crippen LogP contribution in [0.4, 0.5) is 5.69 Å². The second-order valence-electron chi connectivity index (χ2n) is 7.97. The lowest BCUT2D eigenvalue weighted by molar-refractivity contribution is -0.169. The van der Waals surface area contributed by atoms with Gasteiger partial charge in [-0.1, -0.05) is 12.1 Å². The molecule has 3 aliphatic rings. The number of carboxylic acid groups (broad SMARTS) is 2. The van der Waals surface area contributed by atoms with Crippen molar-refractivity contribution >= 4 is 46.5 Å². The lowest BCUT2D eigenvalue weighted by Crippen LogP contribution is -2.45. The molecule has 0 radical (unpaired) electrons. The van der Waals surface area contributed by atoms with Crippen LogP contribution in [-0.2, 0) is 23.9 Å². The molecule has 0 aliphatic carbocycles. The summed E-state index contributed by atoms with van der Waals surface area (Å²) in [6.45, 7) is 2.98. The normalized spacial score (nSPS) is 23.3. The number of hydrogen-bond donors (Lipinski definition) is 3. The number of amides is 1. The quantitative estimate of drug-likeness (QED) is 0.505. The molecule has 1 aromatic carbocycles. The van der Waals surface area contributed by atoms with Crippen molar-refractivity contribution in [2.75, 3.05) is 31.2 Å². The Morgan fingerprint density at radius 2 is 1.85 bits per heavy atom. The van der Waals surface area contributed by atoms with E-state index in [1.54, 1.807) is 6.08 Å². The lowest BCUT2D eigenvalue weighted by Gasteiger charge is -2.38. The first kappa shape index (κ1) is 23.3. The molecule has 10 nitrogen and oxygen atoms in total. The fourth-order valence-electron chi connectivity index (χ4n) is 3.96. The van der Waals surface area contributed by atoms with Gasteiger partial charge in [-0.2, -0.15) is 0 Å². The van der Waals surface area contributed by atoms with E-state index < -0.39 is 23.8 Å². The van der Waals surface area contributed by atoms with E-state index in [0.717, 1.165) is 48.9 Å². The number of carbonyl (C=O) groups excluding carboxylic acids is 1. The minimum Gasteiger partial charge on any atom is -0.481 e. The first-order chi connectivity index (χ1) is 15.8. The lowest BCUT2D eigenvalue weighted by atomic mass is 10.0. The van der Waals surface area contributed by atoms with Crippen molar-refractivity contribution in [3.63, 3.8) is 0 Å². The van der Waals surface area contributed by atoms with Gasteiger partial charge in [0.05, 0.1) is 18.1 Å². The molecule has 3 N–H and O–H groups in total. The number of hydrogen-bond acceptors (Lipinski definition) is 8. The van der Waals surface area contributed by atoms with Crippen LogP contribution in [0.5, 0.6) is 0 Å². The van der Waals surface area contributed by atoms with Gasteiger partial charge in [-0.05, 0) is 42.0 Å². The van der Waals surface area contributed by atoms with Crippen LogP contribution in [0, 0.1) is 0 Å². The second kappa shape index (κ2) is 9.94. The zero-order valence-corrected chi connectivity index (χ0v) is 18.7. The van der Waals surface area contributed by atoms with Gasteiger partial charge in [-0.15, -0.1) is 0 Å². The molecular formula is C22H25N3O7S. The number of anilines is 1. The number of ether oxygens (including phenoxy) is 2. The minimum absolute atomic E-state index is 0.152. The number of carboxylic acids is 2. The average Bonchev–Trinajstić information content (AvgIpc) is 3.38. The summed E-state index contributed by atoms with van der Waals surface area (Å²) < 4.78 is 11.5. The van der Waals surface area contributed by atoms with E-state index in [1.165, 1.54) is 0 Å². The molecule has 0 unspecified atom stereocenters. The fourth-order valence-corrected chi connectivity index (χ4v) is 4.83. The summed E-state index contributed by atoms with van der Waals surface area (Å²) in [6, 6.07) is 6.61. The summed E-state index contributed by atoms with van der Waals surface area (Å²) in [7, 11) is 0. The van der Waals surface area contributed by atoms with E-state index in [-0.39, 0.29) is 23.9 Å². The Kier molecular flexibility index (Phi) is 7.01. The molecule has 1 aromatic rings. The first-order valence-electron chi connectivity index (χ1n) is 10.7. The maximum absolute atomic E-state index is 12.3. The minimum atomic E-state index is -1.23. The van der Waals surface area contributed by atoms with Gasteiger partial charge in [0.1, 0.15) is 0 Å². The highest BCUT2D eigenvalue weighted by molar-refractivity contribution is 8.18. The number of piperidine rings is 1. The number of benzene rings is 1. The highest BCUT2D eigenvalue weighted by atomic mass is 32.2. The van der Waals surface area contributed by atoms with Crippen LogP contribution in [0.1, 0.15) is 31.2 Å². The van der Waals surface area contributed by atoms with E-state index in [9.17, 15) is 19.5 Å². The van der Waals surface area contributed by atoms with Crippen LogP contribution in [0.3, 0.4) is 0 Å². The predicted molar refractivity (Wildman–Crippen MR) is 122 cm³/mol. The highest BCUT2D eigenvalue weighted by Gasteiger charge is 2.39. The van der Waals surface area contributed by atoms with Crippen molar-refractivity contribution in [2.45, 2.75) is 37.5 Å². The summed E-state index contributed by atoms with van der Waals surface area (Å²) >= 11 is 1.04. The fraction of sp³-hybridized carbons (Fsp3) is 0.455. The van der Waals surface area contributed by atoms with Gasteiger partial charge in [-0.3, -0.25) is 9.59 Å². The third-order valence-electron chi connectivity index (χ3n) is 5.74. The largest absolute Gasteiger partial charge is 0.481 e. The van der Waals surface area contributed by atoms with E-state index >= 15 is 0 Å². The molecule has 1 spiro atoms. The van der Waals surface area contributed by atoms with Gasteiger partial charge in [-0.25, -0.2) is 9.79 Å². The van der Waals surface area contributed by atoms with Crippen molar-refractivity contribution in [3.8, 4) is 0 Å². The number of aliphatic imine (C=N–C) groups is 1. The average molecular weight is 476 g/mol. The van der Waals surface area contributed by atoms with Crippen LogP contribution >= 0.6 is 11.8 Å². The molecule has 0 bridgehead atoms. The molecule has 1 amide bonds. The molecule has 3 heterocycles. The molecule has 4 rings (SSSR count). The van der Waals surface area contributed by atoms with Gasteiger partial charge in [0.15, 0.2) is 17.0 Å². The third-order valence-corrected chi connectivity index (χ3v) is 6.66. The Morgan fingerprint density at radius 1 is 1.18 bits per heavy atom. The highest BCUT2D eigenvalue weighted by Crippen LogP contribution is 2.33. The molecule has 3 fully saturated rings. The number of nitrogens with one attached hydrogen (secondary N) is 1. The van der Waals surface area contributed by atoms with Crippen molar-refractivity contribution in [3.05, 3.63) is 34.7 Å². The van der Waals surface area contributed by atoms with Crippen LogP contribution in [0.2, 0.25) is 0 Å². The summed E-state index contributed by atoms with van der Waals surface area (Å²) in [6.07, 6.45) is 2.88. The van der Waals surface area contributed by atoms with Crippen LogP contribution < -0.4 is 10.2 Å². The predicted octanol–water partition coefficient (Wildman–Crippen LogP) is 1.91. The number of nitrogens with zero attached hydrogens (tertiary/aromatic N) is 2. The molecular weight excluding hydrogens is 450 g/mol. The summed E-state index contributed by atoms with van der Waals surface area (Å²) in [5.74, 6) is -3.12. The Hall–Kier alpha value is -2.89. The van der Waals surface area contributed by atoms with Gasteiger partial charge >= 0.3 is 11.9 Å². The molecule has 11 heteroatoms. The number of rotatable bonds is 7. The van der Waals surface area contributed by atoms with Crippen molar-refractivity contribution in [1.82, 2.24) is 5.32 Å². The van der Waals surface area contributed by atoms with Crippen LogP contribution in [0.15, 0.2) is 34.2 Å². The molecule has 176 valence electrons. The maximum atomic E-state index is 12.3. The zero-order valence-electron chi connectivity index (χ0n) is 17.9. The summed E-state index contributed by atoms with van der Waals surface area (Å²) in [5.41, 5.74) is 1.91. The summed E-state index contributed by atoms with van der Waals surface area (Å²) in [4.78, 5) is 41.0. The van der Waals surface area contributed by atoms with E-state index in [4.69, 9.17) is 14.6 Å². The maximum Gasteiger partial charge on any atom is 0.328 e. The Morgan fingerprint density at radius 3 is 2.45 bits per heavy atom. The molecule has 3 aliphatic heterocycles. The number of amidine groups is 1. The Labute approximate surface area is 194 Å². The molecule has 3 saturated heterocycles. The summed E-state index contributed by atoms with van der Waals surface area (Å²) in [5, 5.41) is 20.7. The topological polar surface area (TPSA) is 138 Å². The molecule has 0 aromatic heterocycles. The second-order valence-corrected chi connectivity index (χ2v) is 9.00. The standard InChI is InChI=1S/C22H25N3O7S/c26-18(27)6-5-16(20(29)30)23-21-24-19(28)17(33-21)13-14-1-3-15(4-2-14)25-9-7-22(8-10-25)31-11-12-32-22/h1-4,13,16H,5-12H2,(H,26,27)(H,29,30)(H,23,24,28)/t16-/m0/s1. The van der Waals surface area contributed by atoms with Gasteiger partial charge in [0.2, 0.25) is 0 Å². The number of carbonyl (C=O) groups is 3. The molecule has 33 heavy (non-hydrogen) atoms. The third kappa shape index (κ3) is 5.73. The smallest absolute Gasteiger partial charge is 0.328 e. The van der Waals surface area contributed by atoms with E-state index in [2.05, 4.69) is 15.2 Å². The molecule has 1 atom stereocenters. The number of thioether (sulfide) groups is 1.